The van der Waals surface area contributed by atoms with Crippen LogP contribution in [0.4, 0.5) is 0 Å². The number of thiophene rings is 1. The van der Waals surface area contributed by atoms with E-state index in [0.29, 0.717) is 4.88 Å². The molecule has 1 atom stereocenters. The highest BCUT2D eigenvalue weighted by molar-refractivity contribution is 7.12. The molecule has 0 aliphatic heterocycles. The molecule has 0 radical (unpaired) electrons. The third kappa shape index (κ3) is 4.41. The zero-order valence-electron chi connectivity index (χ0n) is 15.3. The number of pyridine rings is 1. The molecule has 27 heavy (non-hydrogen) atoms. The first kappa shape index (κ1) is 18.8. The van der Waals surface area contributed by atoms with Gasteiger partial charge in [-0.25, -0.2) is 0 Å². The van der Waals surface area contributed by atoms with Crippen LogP contribution in [0.5, 0.6) is 0 Å². The average Bonchev–Trinajstić information content (AvgIpc) is 3.24. The van der Waals surface area contributed by atoms with Crippen LogP contribution in [-0.2, 0) is 4.79 Å². The summed E-state index contributed by atoms with van der Waals surface area (Å²) in [5.41, 5.74) is 1.76. The first-order valence-corrected chi connectivity index (χ1v) is 9.46. The maximum Gasteiger partial charge on any atom is 0.264 e. The van der Waals surface area contributed by atoms with Crippen molar-refractivity contribution < 1.29 is 9.59 Å². The second kappa shape index (κ2) is 8.60. The Hall–Kier alpha value is -2.99. The summed E-state index contributed by atoms with van der Waals surface area (Å²) in [4.78, 5) is 33.5. The van der Waals surface area contributed by atoms with Crippen molar-refractivity contribution in [1.82, 2.24) is 14.8 Å². The lowest BCUT2D eigenvalue weighted by Crippen LogP contribution is -2.41. The number of rotatable bonds is 6. The molecule has 138 valence electrons. The van der Waals surface area contributed by atoms with Gasteiger partial charge in [-0.2, -0.15) is 0 Å². The Morgan fingerprint density at radius 1 is 1.00 bits per heavy atom. The van der Waals surface area contributed by atoms with Crippen LogP contribution in [0.2, 0.25) is 0 Å². The molecule has 1 aromatic carbocycles. The number of nitrogens with zero attached hydrogens (tertiary/aromatic N) is 3. The molecule has 0 saturated heterocycles. The molecular formula is C21H21N3O2S. The molecule has 0 saturated carbocycles. The first-order chi connectivity index (χ1) is 13.1. The van der Waals surface area contributed by atoms with Gasteiger partial charge in [-0.05, 0) is 29.1 Å². The Kier molecular flexibility index (Phi) is 5.98. The van der Waals surface area contributed by atoms with Gasteiger partial charge in [0.15, 0.2) is 0 Å². The van der Waals surface area contributed by atoms with E-state index in [1.54, 1.807) is 31.3 Å². The first-order valence-electron chi connectivity index (χ1n) is 8.58. The normalized spacial score (nSPS) is 11.6. The van der Waals surface area contributed by atoms with Crippen molar-refractivity contribution in [2.75, 3.05) is 20.6 Å². The average molecular weight is 379 g/mol. The van der Waals surface area contributed by atoms with Crippen LogP contribution in [0.3, 0.4) is 0 Å². The minimum Gasteiger partial charge on any atom is -0.332 e. The van der Waals surface area contributed by atoms with Crippen LogP contribution < -0.4 is 0 Å². The molecule has 2 amide bonds. The molecule has 3 aromatic rings. The maximum atomic E-state index is 12.9. The molecule has 2 aromatic heterocycles. The Bertz CT molecular complexity index is 843. The molecule has 0 N–H and O–H groups in total. The van der Waals surface area contributed by atoms with Crippen molar-refractivity contribution in [3.63, 3.8) is 0 Å². The van der Waals surface area contributed by atoms with Gasteiger partial charge in [0.25, 0.3) is 5.91 Å². The van der Waals surface area contributed by atoms with Gasteiger partial charge in [0.05, 0.1) is 23.2 Å². The zero-order chi connectivity index (χ0) is 19.2. The molecule has 5 nitrogen and oxygen atoms in total. The summed E-state index contributed by atoms with van der Waals surface area (Å²) in [6.07, 6.45) is 1.72. The predicted octanol–water partition coefficient (Wildman–Crippen LogP) is 3.46. The van der Waals surface area contributed by atoms with E-state index in [0.717, 1.165) is 11.3 Å². The number of benzene rings is 1. The number of likely N-dealkylation sites (N-methyl/N-ethyl adjacent to an activating group) is 2. The SMILES string of the molecule is CN(CC(=O)N(C)C(c1ccccc1)c1ccccn1)C(=O)c1cccs1. The van der Waals surface area contributed by atoms with Gasteiger partial charge in [-0.1, -0.05) is 42.5 Å². The summed E-state index contributed by atoms with van der Waals surface area (Å²) in [7, 11) is 3.39. The summed E-state index contributed by atoms with van der Waals surface area (Å²) in [5.74, 6) is -0.303. The van der Waals surface area contributed by atoms with E-state index in [1.807, 2.05) is 60.0 Å². The number of hydrogen-bond acceptors (Lipinski definition) is 4. The molecule has 0 aliphatic rings. The second-order valence-corrected chi connectivity index (χ2v) is 7.16. The van der Waals surface area contributed by atoms with Crippen LogP contribution in [0.1, 0.15) is 27.0 Å². The van der Waals surface area contributed by atoms with Gasteiger partial charge in [0, 0.05) is 20.3 Å². The number of carbonyl (C=O) groups excluding carboxylic acids is 2. The van der Waals surface area contributed by atoms with Crippen LogP contribution in [0, 0.1) is 0 Å². The number of hydrogen-bond donors (Lipinski definition) is 0. The Balaban J connectivity index is 1.80. The van der Waals surface area contributed by atoms with Crippen molar-refractivity contribution in [3.05, 3.63) is 88.4 Å². The smallest absolute Gasteiger partial charge is 0.264 e. The van der Waals surface area contributed by atoms with Gasteiger partial charge in [0.1, 0.15) is 0 Å². The molecule has 0 bridgehead atoms. The molecule has 6 heteroatoms. The Morgan fingerprint density at radius 2 is 1.74 bits per heavy atom. The number of carbonyl (C=O) groups is 2. The predicted molar refractivity (Wildman–Crippen MR) is 107 cm³/mol. The highest BCUT2D eigenvalue weighted by Gasteiger charge is 2.26. The third-order valence-corrected chi connectivity index (χ3v) is 5.17. The van der Waals surface area contributed by atoms with Crippen LogP contribution >= 0.6 is 11.3 Å². The lowest BCUT2D eigenvalue weighted by Gasteiger charge is -2.30. The third-order valence-electron chi connectivity index (χ3n) is 4.32. The Labute approximate surface area is 162 Å². The van der Waals surface area contributed by atoms with Crippen LogP contribution in [0.25, 0.3) is 0 Å². The summed E-state index contributed by atoms with van der Waals surface area (Å²) < 4.78 is 0. The van der Waals surface area contributed by atoms with Crippen LogP contribution in [0.15, 0.2) is 72.2 Å². The van der Waals surface area contributed by atoms with Gasteiger partial charge >= 0.3 is 0 Å². The highest BCUT2D eigenvalue weighted by Crippen LogP contribution is 2.26. The fourth-order valence-corrected chi connectivity index (χ4v) is 3.60. The minimum atomic E-state index is -0.315. The fourth-order valence-electron chi connectivity index (χ4n) is 2.88. The molecule has 2 heterocycles. The lowest BCUT2D eigenvalue weighted by molar-refractivity contribution is -0.131. The molecule has 1 unspecified atom stereocenters. The van der Waals surface area contributed by atoms with E-state index in [9.17, 15) is 9.59 Å². The van der Waals surface area contributed by atoms with Crippen molar-refractivity contribution in [3.8, 4) is 0 Å². The monoisotopic (exact) mass is 379 g/mol. The van der Waals surface area contributed by atoms with Crippen molar-refractivity contribution >= 4 is 23.2 Å². The quantitative estimate of drug-likeness (QED) is 0.659. The summed E-state index contributed by atoms with van der Waals surface area (Å²) in [6, 6.07) is 18.7. The molecule has 0 spiro atoms. The van der Waals surface area contributed by atoms with E-state index in [1.165, 1.54) is 16.2 Å². The molecule has 0 aliphatic carbocycles. The second-order valence-electron chi connectivity index (χ2n) is 6.21. The fraction of sp³-hybridized carbons (Fsp3) is 0.190. The zero-order valence-corrected chi connectivity index (χ0v) is 16.1. The van der Waals surface area contributed by atoms with E-state index in [-0.39, 0.29) is 24.4 Å². The summed E-state index contributed by atoms with van der Waals surface area (Å²) in [5, 5.41) is 1.85. The van der Waals surface area contributed by atoms with Crippen molar-refractivity contribution in [2.24, 2.45) is 0 Å². The van der Waals surface area contributed by atoms with Gasteiger partial charge in [-0.3, -0.25) is 14.6 Å². The number of amides is 2. The Morgan fingerprint density at radius 3 is 2.37 bits per heavy atom. The van der Waals surface area contributed by atoms with Gasteiger partial charge < -0.3 is 9.80 Å². The summed E-state index contributed by atoms with van der Waals surface area (Å²) in [6.45, 7) is 0.00337. The van der Waals surface area contributed by atoms with Crippen molar-refractivity contribution in [1.29, 1.82) is 0 Å². The van der Waals surface area contributed by atoms with E-state index in [4.69, 9.17) is 0 Å². The van der Waals surface area contributed by atoms with Gasteiger partial charge in [0.2, 0.25) is 5.91 Å². The topological polar surface area (TPSA) is 53.5 Å². The van der Waals surface area contributed by atoms with Crippen LogP contribution in [-0.4, -0.2) is 47.2 Å². The summed E-state index contributed by atoms with van der Waals surface area (Å²) >= 11 is 1.37. The lowest BCUT2D eigenvalue weighted by atomic mass is 10.0. The highest BCUT2D eigenvalue weighted by atomic mass is 32.1. The standard InChI is InChI=1S/C21H21N3O2S/c1-23(21(26)18-12-8-14-27-18)15-19(25)24(2)20(16-9-4-3-5-10-16)17-11-6-7-13-22-17/h3-14,20H,15H2,1-2H3. The van der Waals surface area contributed by atoms with Crippen molar-refractivity contribution in [2.45, 2.75) is 6.04 Å². The van der Waals surface area contributed by atoms with Gasteiger partial charge in [-0.15, -0.1) is 11.3 Å². The maximum absolute atomic E-state index is 12.9. The largest absolute Gasteiger partial charge is 0.332 e. The number of aromatic nitrogens is 1. The van der Waals surface area contributed by atoms with E-state index < -0.39 is 0 Å². The van der Waals surface area contributed by atoms with E-state index in [2.05, 4.69) is 4.98 Å². The minimum absolute atomic E-state index is 0.00337. The molecule has 0 fully saturated rings. The van der Waals surface area contributed by atoms with E-state index >= 15 is 0 Å². The molecular weight excluding hydrogens is 358 g/mol. The molecule has 3 rings (SSSR count).